The summed E-state index contributed by atoms with van der Waals surface area (Å²) >= 11 is 14.8. The lowest BCUT2D eigenvalue weighted by Crippen LogP contribution is -2.40. The van der Waals surface area contributed by atoms with Crippen LogP contribution in [0.25, 0.3) is 10.9 Å². The van der Waals surface area contributed by atoms with Gasteiger partial charge in [0.05, 0.1) is 54.9 Å². The van der Waals surface area contributed by atoms with Gasteiger partial charge in [-0.15, -0.1) is 11.3 Å². The van der Waals surface area contributed by atoms with Crippen LogP contribution in [0.4, 0.5) is 5.69 Å². The van der Waals surface area contributed by atoms with Gasteiger partial charge in [0.25, 0.3) is 5.91 Å². The first kappa shape index (κ1) is 31.0. The maximum Gasteiger partial charge on any atom is 0.305 e. The molecule has 2 aromatic carbocycles. The van der Waals surface area contributed by atoms with Gasteiger partial charge in [0, 0.05) is 47.4 Å². The zero-order valence-corrected chi connectivity index (χ0v) is 26.4. The average Bonchev–Trinajstić information content (AvgIpc) is 3.72. The Morgan fingerprint density at radius 2 is 1.91 bits per heavy atom. The highest BCUT2D eigenvalue weighted by molar-refractivity contribution is 7.11. The molecule has 2 aromatic heterocycles. The Labute approximate surface area is 263 Å². The van der Waals surface area contributed by atoms with Crippen LogP contribution in [-0.2, 0) is 39.0 Å². The van der Waals surface area contributed by atoms with Gasteiger partial charge in [-0.3, -0.25) is 14.4 Å². The molecule has 43 heavy (non-hydrogen) atoms. The number of hydrogen-bond donors (Lipinski definition) is 1. The summed E-state index contributed by atoms with van der Waals surface area (Å²) in [6.07, 6.45) is 5.88. The molecule has 1 aliphatic rings. The average molecular weight is 644 g/mol. The Kier molecular flexibility index (Phi) is 9.71. The smallest absolute Gasteiger partial charge is 0.305 e. The van der Waals surface area contributed by atoms with E-state index in [0.717, 1.165) is 33.6 Å². The SMILES string of the molecule is COC[C@@H]1CC[C@@H](c2ncc(CCC(=O)OC)s2)N1C(=O)Cc1cc(Cl)c(NC(=O)c2cn(C)c3ccccc23)cc1Cl. The third-order valence-electron chi connectivity index (χ3n) is 7.68. The number of hydrogen-bond acceptors (Lipinski definition) is 7. The van der Waals surface area contributed by atoms with Crippen LogP contribution in [0.1, 0.15) is 51.1 Å². The first-order valence-corrected chi connectivity index (χ1v) is 15.4. The van der Waals surface area contributed by atoms with Gasteiger partial charge in [-0.25, -0.2) is 4.98 Å². The number of anilines is 1. The molecule has 3 heterocycles. The molecule has 0 spiro atoms. The predicted molar refractivity (Wildman–Crippen MR) is 168 cm³/mol. The van der Waals surface area contributed by atoms with E-state index in [9.17, 15) is 14.4 Å². The topological polar surface area (TPSA) is 103 Å². The van der Waals surface area contributed by atoms with Crippen LogP contribution in [0.5, 0.6) is 0 Å². The van der Waals surface area contributed by atoms with E-state index in [0.29, 0.717) is 34.9 Å². The number of aryl methyl sites for hydroxylation is 2. The van der Waals surface area contributed by atoms with Crippen molar-refractivity contribution in [2.45, 2.75) is 44.2 Å². The molecule has 0 unspecified atom stereocenters. The lowest BCUT2D eigenvalue weighted by Gasteiger charge is -2.29. The minimum atomic E-state index is -0.310. The third-order valence-corrected chi connectivity index (χ3v) is 9.50. The molecule has 2 atom stereocenters. The van der Waals surface area contributed by atoms with Crippen molar-refractivity contribution in [3.05, 3.63) is 79.8 Å². The molecule has 0 saturated carbocycles. The second-order valence-corrected chi connectivity index (χ2v) is 12.4. The molecule has 226 valence electrons. The van der Waals surface area contributed by atoms with Crippen molar-refractivity contribution in [1.29, 1.82) is 0 Å². The summed E-state index contributed by atoms with van der Waals surface area (Å²) < 4.78 is 12.1. The molecule has 1 N–H and O–H groups in total. The molecule has 1 saturated heterocycles. The number of halogens is 2. The molecular formula is C31H32Cl2N4O5S. The minimum absolute atomic E-state index is 0.0212. The first-order valence-electron chi connectivity index (χ1n) is 13.8. The number of methoxy groups -OCH3 is 2. The predicted octanol–water partition coefficient (Wildman–Crippen LogP) is 6.22. The quantitative estimate of drug-likeness (QED) is 0.206. The van der Waals surface area contributed by atoms with Crippen molar-refractivity contribution in [2.24, 2.45) is 7.05 Å². The molecule has 1 fully saturated rings. The number of esters is 1. The maximum absolute atomic E-state index is 13.8. The summed E-state index contributed by atoms with van der Waals surface area (Å²) in [4.78, 5) is 45.9. The molecule has 4 aromatic rings. The Morgan fingerprint density at radius 1 is 1.12 bits per heavy atom. The van der Waals surface area contributed by atoms with Crippen LogP contribution in [0, 0.1) is 0 Å². The summed E-state index contributed by atoms with van der Waals surface area (Å²) in [5.74, 6) is -0.709. The van der Waals surface area contributed by atoms with Crippen LogP contribution in [-0.4, -0.2) is 59.1 Å². The van der Waals surface area contributed by atoms with E-state index in [1.807, 2.05) is 40.8 Å². The molecular weight excluding hydrogens is 611 g/mol. The summed E-state index contributed by atoms with van der Waals surface area (Å²) in [7, 11) is 4.87. The number of carbonyl (C=O) groups excluding carboxylic acids is 3. The second-order valence-electron chi connectivity index (χ2n) is 10.5. The number of likely N-dealkylation sites (tertiary alicyclic amines) is 1. The van der Waals surface area contributed by atoms with E-state index in [1.54, 1.807) is 31.6 Å². The van der Waals surface area contributed by atoms with E-state index < -0.39 is 0 Å². The number of fused-ring (bicyclic) bond motifs is 1. The molecule has 0 bridgehead atoms. The highest BCUT2D eigenvalue weighted by Gasteiger charge is 2.39. The van der Waals surface area contributed by atoms with Crippen LogP contribution in [0.2, 0.25) is 10.0 Å². The number of nitrogens with zero attached hydrogens (tertiary/aromatic N) is 3. The van der Waals surface area contributed by atoms with E-state index in [4.69, 9.17) is 32.7 Å². The lowest BCUT2D eigenvalue weighted by molar-refractivity contribution is -0.140. The number of nitrogens with one attached hydrogen (secondary N) is 1. The van der Waals surface area contributed by atoms with E-state index in [-0.39, 0.29) is 47.7 Å². The summed E-state index contributed by atoms with van der Waals surface area (Å²) in [6.45, 7) is 0.399. The second kappa shape index (κ2) is 13.5. The number of carbonyl (C=O) groups is 3. The Hall–Kier alpha value is -3.44. The molecule has 0 radical (unpaired) electrons. The van der Waals surface area contributed by atoms with Crippen LogP contribution in [0.3, 0.4) is 0 Å². The minimum Gasteiger partial charge on any atom is -0.469 e. The largest absolute Gasteiger partial charge is 0.469 e. The van der Waals surface area contributed by atoms with E-state index in [2.05, 4.69) is 10.3 Å². The Bertz CT molecular complexity index is 1670. The molecule has 0 aliphatic carbocycles. The maximum atomic E-state index is 13.8. The van der Waals surface area contributed by atoms with E-state index >= 15 is 0 Å². The van der Waals surface area contributed by atoms with Crippen molar-refractivity contribution in [2.75, 3.05) is 26.1 Å². The zero-order valence-electron chi connectivity index (χ0n) is 24.1. The van der Waals surface area contributed by atoms with Crippen molar-refractivity contribution in [1.82, 2.24) is 14.5 Å². The molecule has 12 heteroatoms. The van der Waals surface area contributed by atoms with Crippen molar-refractivity contribution >= 4 is 68.9 Å². The van der Waals surface area contributed by atoms with Crippen molar-refractivity contribution in [3.63, 3.8) is 0 Å². The fourth-order valence-electron chi connectivity index (χ4n) is 5.56. The van der Waals surface area contributed by atoms with Gasteiger partial charge in [0.15, 0.2) is 0 Å². The lowest BCUT2D eigenvalue weighted by atomic mass is 10.1. The third kappa shape index (κ3) is 6.72. The number of amides is 2. The summed E-state index contributed by atoms with van der Waals surface area (Å²) in [5, 5.41) is 5.12. The summed E-state index contributed by atoms with van der Waals surface area (Å²) in [5.41, 5.74) is 2.37. The number of para-hydroxylation sites is 1. The number of benzene rings is 2. The van der Waals surface area contributed by atoms with Gasteiger partial charge in [0.2, 0.25) is 5.91 Å². The molecule has 9 nitrogen and oxygen atoms in total. The Morgan fingerprint density at radius 3 is 2.67 bits per heavy atom. The van der Waals surface area contributed by atoms with Gasteiger partial charge < -0.3 is 24.3 Å². The zero-order chi connectivity index (χ0) is 30.7. The van der Waals surface area contributed by atoms with Crippen LogP contribution < -0.4 is 5.32 Å². The van der Waals surface area contributed by atoms with Crippen molar-refractivity contribution < 1.29 is 23.9 Å². The fraction of sp³-hybridized carbons (Fsp3) is 0.355. The molecule has 5 rings (SSSR count). The van der Waals surface area contributed by atoms with Gasteiger partial charge in [-0.05, 0) is 43.0 Å². The Balaban J connectivity index is 1.32. The monoisotopic (exact) mass is 642 g/mol. The first-order chi connectivity index (χ1) is 20.7. The number of aromatic nitrogens is 2. The standard InChI is InChI=1S/C31H32Cl2N4O5S/c1-36-16-22(21-6-4-5-7-26(21)36)30(40)35-25-14-23(32)18(12-24(25)33)13-28(38)37-19(17-41-2)8-10-27(37)31-34-15-20(43-31)9-11-29(39)42-3/h4-7,12,14-16,19,27H,8-11,13,17H2,1-3H3,(H,35,40)/t19-,27-/m0/s1. The fourth-order valence-corrected chi connectivity index (χ4v) is 7.08. The number of rotatable bonds is 10. The summed E-state index contributed by atoms with van der Waals surface area (Å²) in [6, 6.07) is 10.5. The van der Waals surface area contributed by atoms with Gasteiger partial charge in [-0.2, -0.15) is 0 Å². The highest BCUT2D eigenvalue weighted by Crippen LogP contribution is 2.39. The molecule has 2 amide bonds. The highest BCUT2D eigenvalue weighted by atomic mass is 35.5. The van der Waals surface area contributed by atoms with Gasteiger partial charge in [-0.1, -0.05) is 41.4 Å². The number of thiazole rings is 1. The number of ether oxygens (including phenoxy) is 2. The van der Waals surface area contributed by atoms with Gasteiger partial charge >= 0.3 is 5.97 Å². The van der Waals surface area contributed by atoms with E-state index in [1.165, 1.54) is 18.4 Å². The normalized spacial score (nSPS) is 16.5. The molecule has 1 aliphatic heterocycles. The van der Waals surface area contributed by atoms with Crippen molar-refractivity contribution in [3.8, 4) is 0 Å². The van der Waals surface area contributed by atoms with Crippen LogP contribution >= 0.6 is 34.5 Å². The van der Waals surface area contributed by atoms with Crippen LogP contribution in [0.15, 0.2) is 48.8 Å². The van der Waals surface area contributed by atoms with Gasteiger partial charge in [0.1, 0.15) is 5.01 Å².